The molecule has 1 aliphatic rings. The van der Waals surface area contributed by atoms with E-state index in [0.29, 0.717) is 5.88 Å². The van der Waals surface area contributed by atoms with Crippen molar-refractivity contribution < 1.29 is 4.74 Å². The highest BCUT2D eigenvalue weighted by atomic mass is 32.2. The Morgan fingerprint density at radius 3 is 2.73 bits per heavy atom. The fourth-order valence-corrected chi connectivity index (χ4v) is 3.80. The number of fused-ring (bicyclic) bond motifs is 1. The SMILES string of the molecule is COc1nccc2c(SN3CCN(CCN)CC3)cccc12. The van der Waals surface area contributed by atoms with Gasteiger partial charge in [0.15, 0.2) is 0 Å². The normalized spacial score (nSPS) is 17.0. The Morgan fingerprint density at radius 1 is 1.18 bits per heavy atom. The van der Waals surface area contributed by atoms with Gasteiger partial charge in [-0.25, -0.2) is 9.29 Å². The van der Waals surface area contributed by atoms with Crippen LogP contribution in [0, 0.1) is 0 Å². The zero-order chi connectivity index (χ0) is 15.4. The minimum atomic E-state index is 0.688. The third kappa shape index (κ3) is 3.35. The third-order valence-corrected chi connectivity index (χ3v) is 5.10. The van der Waals surface area contributed by atoms with Gasteiger partial charge >= 0.3 is 0 Å². The molecule has 0 amide bonds. The summed E-state index contributed by atoms with van der Waals surface area (Å²) in [6.07, 6.45) is 1.81. The molecule has 1 fully saturated rings. The second-order valence-corrected chi connectivity index (χ2v) is 6.46. The average molecular weight is 318 g/mol. The largest absolute Gasteiger partial charge is 0.481 e. The first kappa shape index (κ1) is 15.6. The maximum atomic E-state index is 5.63. The van der Waals surface area contributed by atoms with Crippen molar-refractivity contribution in [2.24, 2.45) is 5.73 Å². The predicted octanol–water partition coefficient (Wildman–Crippen LogP) is 1.83. The number of nitrogens with two attached hydrogens (primary N) is 1. The first-order valence-corrected chi connectivity index (χ1v) is 8.36. The van der Waals surface area contributed by atoms with Crippen molar-refractivity contribution in [1.29, 1.82) is 0 Å². The van der Waals surface area contributed by atoms with Gasteiger partial charge in [-0.1, -0.05) is 6.07 Å². The Bertz CT molecular complexity index is 629. The van der Waals surface area contributed by atoms with Crippen LogP contribution in [-0.2, 0) is 0 Å². The molecule has 1 saturated heterocycles. The molecule has 0 unspecified atom stereocenters. The lowest BCUT2D eigenvalue weighted by Gasteiger charge is -2.33. The van der Waals surface area contributed by atoms with Gasteiger partial charge < -0.3 is 10.5 Å². The smallest absolute Gasteiger partial charge is 0.221 e. The van der Waals surface area contributed by atoms with Crippen molar-refractivity contribution in [2.45, 2.75) is 4.90 Å². The zero-order valence-corrected chi connectivity index (χ0v) is 13.7. The fourth-order valence-electron chi connectivity index (χ4n) is 2.76. The molecule has 0 spiro atoms. The number of rotatable bonds is 5. The van der Waals surface area contributed by atoms with Crippen molar-refractivity contribution in [3.05, 3.63) is 30.5 Å². The summed E-state index contributed by atoms with van der Waals surface area (Å²) in [6.45, 7) is 6.02. The molecular formula is C16H22N4OS. The number of hydrogen-bond acceptors (Lipinski definition) is 6. The Hall–Kier alpha value is -1.34. The highest BCUT2D eigenvalue weighted by Crippen LogP contribution is 2.33. The van der Waals surface area contributed by atoms with Crippen molar-refractivity contribution >= 4 is 22.7 Å². The molecule has 2 N–H and O–H groups in total. The number of aromatic nitrogens is 1. The Labute approximate surface area is 135 Å². The summed E-state index contributed by atoms with van der Waals surface area (Å²) in [5, 5.41) is 2.26. The molecule has 2 aromatic rings. The van der Waals surface area contributed by atoms with Crippen molar-refractivity contribution in [2.75, 3.05) is 46.4 Å². The molecule has 0 bridgehead atoms. The van der Waals surface area contributed by atoms with E-state index in [1.165, 1.54) is 10.3 Å². The highest BCUT2D eigenvalue weighted by Gasteiger charge is 2.18. The lowest BCUT2D eigenvalue weighted by Crippen LogP contribution is -2.45. The Balaban J connectivity index is 1.75. The van der Waals surface area contributed by atoms with Crippen LogP contribution in [0.5, 0.6) is 5.88 Å². The molecule has 6 heteroatoms. The maximum absolute atomic E-state index is 5.63. The summed E-state index contributed by atoms with van der Waals surface area (Å²) in [5.74, 6) is 0.688. The van der Waals surface area contributed by atoms with E-state index < -0.39 is 0 Å². The van der Waals surface area contributed by atoms with E-state index in [1.807, 2.05) is 18.1 Å². The molecule has 0 aliphatic carbocycles. The minimum Gasteiger partial charge on any atom is -0.481 e. The van der Waals surface area contributed by atoms with Crippen molar-refractivity contribution in [3.63, 3.8) is 0 Å². The van der Waals surface area contributed by atoms with Crippen LogP contribution >= 0.6 is 11.9 Å². The van der Waals surface area contributed by atoms with Gasteiger partial charge in [0.2, 0.25) is 5.88 Å². The molecule has 3 rings (SSSR count). The van der Waals surface area contributed by atoms with E-state index in [1.54, 1.807) is 7.11 Å². The molecule has 1 aromatic heterocycles. The van der Waals surface area contributed by atoms with E-state index in [0.717, 1.165) is 44.7 Å². The number of hydrogen-bond donors (Lipinski definition) is 1. The van der Waals surface area contributed by atoms with Gasteiger partial charge in [-0.2, -0.15) is 0 Å². The third-order valence-electron chi connectivity index (χ3n) is 3.93. The van der Waals surface area contributed by atoms with Crippen LogP contribution in [0.4, 0.5) is 0 Å². The van der Waals surface area contributed by atoms with Gasteiger partial charge in [-0.05, 0) is 30.1 Å². The van der Waals surface area contributed by atoms with Gasteiger partial charge in [0, 0.05) is 61.1 Å². The molecule has 5 nitrogen and oxygen atoms in total. The summed E-state index contributed by atoms with van der Waals surface area (Å²) in [6, 6.07) is 8.35. The Kier molecular flexibility index (Phi) is 5.15. The standard InChI is InChI=1S/C16H22N4OS/c1-21-16-14-3-2-4-15(13(14)5-7-18-16)22-20-11-9-19(8-6-17)10-12-20/h2-5,7H,6,8-12,17H2,1H3. The van der Waals surface area contributed by atoms with E-state index in [2.05, 4.69) is 38.5 Å². The van der Waals surface area contributed by atoms with E-state index in [-0.39, 0.29) is 0 Å². The second-order valence-electron chi connectivity index (χ2n) is 5.32. The van der Waals surface area contributed by atoms with Gasteiger partial charge in [-0.15, -0.1) is 0 Å². The predicted molar refractivity (Wildman–Crippen MR) is 91.2 cm³/mol. The fraction of sp³-hybridized carbons (Fsp3) is 0.438. The summed E-state index contributed by atoms with van der Waals surface area (Å²) in [4.78, 5) is 7.96. The molecule has 2 heterocycles. The van der Waals surface area contributed by atoms with Crippen molar-refractivity contribution in [1.82, 2.24) is 14.2 Å². The lowest BCUT2D eigenvalue weighted by atomic mass is 10.2. The van der Waals surface area contributed by atoms with Crippen LogP contribution in [0.15, 0.2) is 35.4 Å². The first-order chi connectivity index (χ1) is 10.8. The molecule has 22 heavy (non-hydrogen) atoms. The molecule has 0 saturated carbocycles. The van der Waals surface area contributed by atoms with Gasteiger partial charge in [-0.3, -0.25) is 4.90 Å². The van der Waals surface area contributed by atoms with Crippen LogP contribution < -0.4 is 10.5 Å². The van der Waals surface area contributed by atoms with Crippen molar-refractivity contribution in [3.8, 4) is 5.88 Å². The molecule has 0 radical (unpaired) electrons. The summed E-state index contributed by atoms with van der Waals surface area (Å²) in [5.41, 5.74) is 5.63. The molecule has 118 valence electrons. The van der Waals surface area contributed by atoms with Crippen LogP contribution in [0.2, 0.25) is 0 Å². The molecule has 1 aromatic carbocycles. The van der Waals surface area contributed by atoms with Gasteiger partial charge in [0.05, 0.1) is 7.11 Å². The summed E-state index contributed by atoms with van der Waals surface area (Å²) < 4.78 is 7.79. The van der Waals surface area contributed by atoms with E-state index in [9.17, 15) is 0 Å². The quantitative estimate of drug-likeness (QED) is 0.849. The molecular weight excluding hydrogens is 296 g/mol. The summed E-state index contributed by atoms with van der Waals surface area (Å²) >= 11 is 1.83. The number of ether oxygens (including phenoxy) is 1. The second kappa shape index (κ2) is 7.28. The molecule has 1 aliphatic heterocycles. The molecule has 0 atom stereocenters. The highest BCUT2D eigenvalue weighted by molar-refractivity contribution is 7.97. The number of pyridine rings is 1. The minimum absolute atomic E-state index is 0.688. The number of piperazine rings is 1. The van der Waals surface area contributed by atoms with Gasteiger partial charge in [0.1, 0.15) is 0 Å². The van der Waals surface area contributed by atoms with E-state index >= 15 is 0 Å². The van der Waals surface area contributed by atoms with Crippen LogP contribution in [-0.4, -0.2) is 60.6 Å². The number of nitrogens with zero attached hydrogens (tertiary/aromatic N) is 3. The van der Waals surface area contributed by atoms with Gasteiger partial charge in [0.25, 0.3) is 0 Å². The van der Waals surface area contributed by atoms with Crippen LogP contribution in [0.25, 0.3) is 10.8 Å². The van der Waals surface area contributed by atoms with Crippen LogP contribution in [0.3, 0.4) is 0 Å². The number of methoxy groups -OCH3 is 1. The maximum Gasteiger partial charge on any atom is 0.221 e. The Morgan fingerprint density at radius 2 is 2.00 bits per heavy atom. The lowest BCUT2D eigenvalue weighted by molar-refractivity contribution is 0.201. The summed E-state index contributed by atoms with van der Waals surface area (Å²) in [7, 11) is 1.66. The monoisotopic (exact) mass is 318 g/mol. The first-order valence-electron chi connectivity index (χ1n) is 7.59. The van der Waals surface area contributed by atoms with Crippen LogP contribution in [0.1, 0.15) is 0 Å². The van der Waals surface area contributed by atoms with E-state index in [4.69, 9.17) is 10.5 Å². The topological polar surface area (TPSA) is 54.6 Å². The average Bonchev–Trinajstić information content (AvgIpc) is 2.57. The number of benzene rings is 1. The zero-order valence-electron chi connectivity index (χ0n) is 12.9.